The molecular formula is C16H26FNS. The van der Waals surface area contributed by atoms with Crippen LogP contribution in [0.5, 0.6) is 0 Å². The first kappa shape index (κ1) is 16.5. The van der Waals surface area contributed by atoms with Crippen LogP contribution >= 0.6 is 11.8 Å². The molecular weight excluding hydrogens is 257 g/mol. The third-order valence-electron chi connectivity index (χ3n) is 3.33. The van der Waals surface area contributed by atoms with Gasteiger partial charge < -0.3 is 5.32 Å². The van der Waals surface area contributed by atoms with Crippen molar-refractivity contribution in [1.82, 2.24) is 5.32 Å². The molecule has 3 heteroatoms. The van der Waals surface area contributed by atoms with Gasteiger partial charge in [-0.15, -0.1) is 11.8 Å². The van der Waals surface area contributed by atoms with Crippen LogP contribution in [0, 0.1) is 11.7 Å². The number of thioether (sulfide) groups is 1. The highest BCUT2D eigenvalue weighted by Crippen LogP contribution is 2.22. The van der Waals surface area contributed by atoms with Gasteiger partial charge in [-0.2, -0.15) is 0 Å². The Hall–Kier alpha value is -0.540. The number of hydrogen-bond donors (Lipinski definition) is 1. The molecule has 1 nitrogen and oxygen atoms in total. The molecule has 0 heterocycles. The average Bonchev–Trinajstić information content (AvgIpc) is 2.41. The predicted molar refractivity (Wildman–Crippen MR) is 83.3 cm³/mol. The molecule has 0 spiro atoms. The SMILES string of the molecule is CCCNC(CSc1ccc(F)cc1)C(C)CCC. The van der Waals surface area contributed by atoms with Gasteiger partial charge in [0.25, 0.3) is 0 Å². The number of hydrogen-bond acceptors (Lipinski definition) is 2. The van der Waals surface area contributed by atoms with Gasteiger partial charge in [-0.1, -0.05) is 27.2 Å². The molecule has 1 aromatic rings. The van der Waals surface area contributed by atoms with Crippen LogP contribution in [0.2, 0.25) is 0 Å². The predicted octanol–water partition coefficient (Wildman–Crippen LogP) is 4.72. The van der Waals surface area contributed by atoms with Gasteiger partial charge in [0.05, 0.1) is 0 Å². The van der Waals surface area contributed by atoms with Gasteiger partial charge in [0, 0.05) is 16.7 Å². The molecule has 19 heavy (non-hydrogen) atoms. The molecule has 0 radical (unpaired) electrons. The maximum atomic E-state index is 12.9. The van der Waals surface area contributed by atoms with E-state index in [4.69, 9.17) is 0 Å². The molecule has 1 aromatic carbocycles. The largest absolute Gasteiger partial charge is 0.313 e. The fraction of sp³-hybridized carbons (Fsp3) is 0.625. The van der Waals surface area contributed by atoms with E-state index >= 15 is 0 Å². The van der Waals surface area contributed by atoms with E-state index in [0.29, 0.717) is 12.0 Å². The third kappa shape index (κ3) is 6.44. The Morgan fingerprint density at radius 1 is 1.16 bits per heavy atom. The van der Waals surface area contributed by atoms with Crippen molar-refractivity contribution in [2.75, 3.05) is 12.3 Å². The Morgan fingerprint density at radius 2 is 1.84 bits per heavy atom. The third-order valence-corrected chi connectivity index (χ3v) is 4.46. The van der Waals surface area contributed by atoms with E-state index in [2.05, 4.69) is 26.1 Å². The summed E-state index contributed by atoms with van der Waals surface area (Å²) in [6, 6.07) is 7.33. The first-order valence-corrected chi connectivity index (χ1v) is 8.27. The van der Waals surface area contributed by atoms with E-state index in [0.717, 1.165) is 23.6 Å². The van der Waals surface area contributed by atoms with Crippen LogP contribution in [0.1, 0.15) is 40.0 Å². The molecule has 0 saturated carbocycles. The van der Waals surface area contributed by atoms with Gasteiger partial charge in [0.1, 0.15) is 5.82 Å². The van der Waals surface area contributed by atoms with Crippen molar-refractivity contribution in [1.29, 1.82) is 0 Å². The Balaban J connectivity index is 2.49. The fourth-order valence-electron chi connectivity index (χ4n) is 2.13. The van der Waals surface area contributed by atoms with Crippen molar-refractivity contribution < 1.29 is 4.39 Å². The average molecular weight is 283 g/mol. The van der Waals surface area contributed by atoms with Gasteiger partial charge in [-0.25, -0.2) is 4.39 Å². The van der Waals surface area contributed by atoms with Gasteiger partial charge >= 0.3 is 0 Å². The lowest BCUT2D eigenvalue weighted by Gasteiger charge is -2.24. The molecule has 0 aliphatic heterocycles. The fourth-order valence-corrected chi connectivity index (χ4v) is 3.27. The molecule has 0 bridgehead atoms. The van der Waals surface area contributed by atoms with Crippen molar-refractivity contribution in [3.8, 4) is 0 Å². The molecule has 0 saturated heterocycles. The first-order chi connectivity index (χ1) is 9.17. The lowest BCUT2D eigenvalue weighted by Crippen LogP contribution is -2.37. The van der Waals surface area contributed by atoms with Crippen LogP contribution in [0.3, 0.4) is 0 Å². The first-order valence-electron chi connectivity index (χ1n) is 7.29. The van der Waals surface area contributed by atoms with E-state index in [9.17, 15) is 4.39 Å². The zero-order chi connectivity index (χ0) is 14.1. The Bertz CT molecular complexity index is 339. The second-order valence-electron chi connectivity index (χ2n) is 5.09. The molecule has 0 amide bonds. The molecule has 1 rings (SSSR count). The van der Waals surface area contributed by atoms with Crippen molar-refractivity contribution >= 4 is 11.8 Å². The molecule has 2 atom stereocenters. The van der Waals surface area contributed by atoms with Crippen molar-refractivity contribution in [3.05, 3.63) is 30.1 Å². The summed E-state index contributed by atoms with van der Waals surface area (Å²) in [5.74, 6) is 1.57. The summed E-state index contributed by atoms with van der Waals surface area (Å²) in [6.45, 7) is 7.83. The lowest BCUT2D eigenvalue weighted by molar-refractivity contribution is 0.382. The van der Waals surface area contributed by atoms with Crippen LogP contribution in [-0.4, -0.2) is 18.3 Å². The second kappa shape index (κ2) is 9.38. The van der Waals surface area contributed by atoms with E-state index in [1.165, 1.54) is 25.0 Å². The Labute approximate surface area is 121 Å². The van der Waals surface area contributed by atoms with E-state index in [-0.39, 0.29) is 5.82 Å². The minimum Gasteiger partial charge on any atom is -0.313 e. The van der Waals surface area contributed by atoms with E-state index < -0.39 is 0 Å². The van der Waals surface area contributed by atoms with Crippen molar-refractivity contribution in [2.45, 2.75) is 51.0 Å². The molecule has 0 aromatic heterocycles. The molecule has 108 valence electrons. The molecule has 0 aliphatic rings. The summed E-state index contributed by atoms with van der Waals surface area (Å²) in [5.41, 5.74) is 0. The number of rotatable bonds is 9. The maximum Gasteiger partial charge on any atom is 0.123 e. The minimum absolute atomic E-state index is 0.163. The van der Waals surface area contributed by atoms with Crippen LogP contribution < -0.4 is 5.32 Å². The number of benzene rings is 1. The topological polar surface area (TPSA) is 12.0 Å². The number of halogens is 1. The highest BCUT2D eigenvalue weighted by molar-refractivity contribution is 7.99. The highest BCUT2D eigenvalue weighted by atomic mass is 32.2. The molecule has 1 N–H and O–H groups in total. The standard InChI is InChI=1S/C16H26FNS/c1-4-6-13(3)16(18-11-5-2)12-19-15-9-7-14(17)8-10-15/h7-10,13,16,18H,4-6,11-12H2,1-3H3. The summed E-state index contributed by atoms with van der Waals surface area (Å²) in [4.78, 5) is 1.15. The van der Waals surface area contributed by atoms with Gasteiger partial charge in [-0.05, 0) is 49.6 Å². The highest BCUT2D eigenvalue weighted by Gasteiger charge is 2.16. The van der Waals surface area contributed by atoms with Crippen molar-refractivity contribution in [3.63, 3.8) is 0 Å². The molecule has 2 unspecified atom stereocenters. The van der Waals surface area contributed by atoms with Gasteiger partial charge in [0.2, 0.25) is 0 Å². The van der Waals surface area contributed by atoms with E-state index in [1.54, 1.807) is 0 Å². The van der Waals surface area contributed by atoms with Crippen molar-refractivity contribution in [2.24, 2.45) is 5.92 Å². The van der Waals surface area contributed by atoms with Gasteiger partial charge in [0.15, 0.2) is 0 Å². The van der Waals surface area contributed by atoms with Crippen LogP contribution in [0.4, 0.5) is 4.39 Å². The zero-order valence-electron chi connectivity index (χ0n) is 12.3. The minimum atomic E-state index is -0.163. The van der Waals surface area contributed by atoms with E-state index in [1.807, 2.05) is 23.9 Å². The monoisotopic (exact) mass is 283 g/mol. The summed E-state index contributed by atoms with van der Waals surface area (Å²) in [5, 5.41) is 3.64. The maximum absolute atomic E-state index is 12.9. The summed E-state index contributed by atoms with van der Waals surface area (Å²) in [7, 11) is 0. The normalized spacial score (nSPS) is 14.3. The summed E-state index contributed by atoms with van der Waals surface area (Å²) in [6.07, 6.45) is 3.65. The summed E-state index contributed by atoms with van der Waals surface area (Å²) >= 11 is 1.81. The molecule has 0 fully saturated rings. The number of nitrogens with one attached hydrogen (secondary N) is 1. The van der Waals surface area contributed by atoms with Gasteiger partial charge in [-0.3, -0.25) is 0 Å². The Morgan fingerprint density at radius 3 is 2.42 bits per heavy atom. The second-order valence-corrected chi connectivity index (χ2v) is 6.18. The smallest absolute Gasteiger partial charge is 0.123 e. The molecule has 0 aliphatic carbocycles. The zero-order valence-corrected chi connectivity index (χ0v) is 13.1. The van der Waals surface area contributed by atoms with Crippen LogP contribution in [0.15, 0.2) is 29.2 Å². The summed E-state index contributed by atoms with van der Waals surface area (Å²) < 4.78 is 12.9. The van der Waals surface area contributed by atoms with Crippen LogP contribution in [-0.2, 0) is 0 Å². The van der Waals surface area contributed by atoms with Crippen LogP contribution in [0.25, 0.3) is 0 Å². The Kier molecular flexibility index (Phi) is 8.15. The lowest BCUT2D eigenvalue weighted by atomic mass is 9.98. The quantitative estimate of drug-likeness (QED) is 0.658.